The summed E-state index contributed by atoms with van der Waals surface area (Å²) in [5, 5.41) is 8.11. The SMILES string of the molecule is CCCCNC(=O)c1ccc2c(c1)C1C=CCC1C(c1c[nH]c3ccccc13)N2. The van der Waals surface area contributed by atoms with Crippen molar-refractivity contribution >= 4 is 22.5 Å². The predicted molar refractivity (Wildman–Crippen MR) is 118 cm³/mol. The lowest BCUT2D eigenvalue weighted by Gasteiger charge is -2.37. The Morgan fingerprint density at radius 2 is 2.07 bits per heavy atom. The first kappa shape index (κ1) is 18.0. The van der Waals surface area contributed by atoms with E-state index in [2.05, 4.69) is 77.3 Å². The van der Waals surface area contributed by atoms with Crippen LogP contribution >= 0.6 is 0 Å². The number of allylic oxidation sites excluding steroid dienone is 2. The quantitative estimate of drug-likeness (QED) is 0.400. The lowest BCUT2D eigenvalue weighted by Crippen LogP contribution is -2.30. The molecule has 1 aliphatic carbocycles. The molecule has 4 heteroatoms. The van der Waals surface area contributed by atoms with Crippen molar-refractivity contribution in [3.8, 4) is 0 Å². The summed E-state index contributed by atoms with van der Waals surface area (Å²) in [6.07, 6.45) is 9.91. The zero-order chi connectivity index (χ0) is 19.8. The van der Waals surface area contributed by atoms with Crippen LogP contribution in [0.1, 0.15) is 59.6 Å². The van der Waals surface area contributed by atoms with Crippen molar-refractivity contribution in [3.63, 3.8) is 0 Å². The number of H-pyrrole nitrogens is 1. The number of carbonyl (C=O) groups excluding carboxylic acids is 1. The van der Waals surface area contributed by atoms with Gasteiger partial charge in [-0.05, 0) is 54.2 Å². The zero-order valence-electron chi connectivity index (χ0n) is 16.7. The number of nitrogens with one attached hydrogen (secondary N) is 3. The third-order valence-electron chi connectivity index (χ3n) is 6.40. The largest absolute Gasteiger partial charge is 0.378 e. The van der Waals surface area contributed by atoms with Crippen LogP contribution in [0.4, 0.5) is 5.69 Å². The molecule has 148 valence electrons. The van der Waals surface area contributed by atoms with Crippen molar-refractivity contribution in [3.05, 3.63) is 77.5 Å². The molecule has 2 aromatic carbocycles. The van der Waals surface area contributed by atoms with Crippen molar-refractivity contribution in [2.24, 2.45) is 5.92 Å². The topological polar surface area (TPSA) is 56.9 Å². The number of carbonyl (C=O) groups is 1. The van der Waals surface area contributed by atoms with Gasteiger partial charge in [0.15, 0.2) is 0 Å². The Hall–Kier alpha value is -3.01. The van der Waals surface area contributed by atoms with E-state index in [0.29, 0.717) is 11.8 Å². The molecule has 2 heterocycles. The number of fused-ring (bicyclic) bond motifs is 4. The molecule has 1 aromatic heterocycles. The Balaban J connectivity index is 1.48. The number of unbranched alkanes of at least 4 members (excludes halogenated alkanes) is 1. The van der Waals surface area contributed by atoms with Crippen molar-refractivity contribution in [2.75, 3.05) is 11.9 Å². The molecule has 2 aliphatic rings. The van der Waals surface area contributed by atoms with E-state index in [1.54, 1.807) is 0 Å². The van der Waals surface area contributed by atoms with Crippen molar-refractivity contribution < 1.29 is 4.79 Å². The average molecular weight is 386 g/mol. The first-order chi connectivity index (χ1) is 14.3. The van der Waals surface area contributed by atoms with Gasteiger partial charge in [-0.15, -0.1) is 0 Å². The van der Waals surface area contributed by atoms with Crippen LogP contribution in [0.25, 0.3) is 10.9 Å². The number of hydrogen-bond acceptors (Lipinski definition) is 2. The Labute approximate surface area is 171 Å². The summed E-state index contributed by atoms with van der Waals surface area (Å²) in [4.78, 5) is 16.0. The smallest absolute Gasteiger partial charge is 0.251 e. The van der Waals surface area contributed by atoms with Crippen LogP contribution in [-0.4, -0.2) is 17.4 Å². The van der Waals surface area contributed by atoms with Crippen LogP contribution in [0, 0.1) is 5.92 Å². The van der Waals surface area contributed by atoms with Crippen LogP contribution in [0.3, 0.4) is 0 Å². The highest BCUT2D eigenvalue weighted by Crippen LogP contribution is 2.50. The third-order valence-corrected chi connectivity index (χ3v) is 6.40. The van der Waals surface area contributed by atoms with Gasteiger partial charge >= 0.3 is 0 Å². The van der Waals surface area contributed by atoms with Crippen LogP contribution in [-0.2, 0) is 0 Å². The molecule has 0 saturated carbocycles. The van der Waals surface area contributed by atoms with Crippen LogP contribution in [0.15, 0.2) is 60.8 Å². The molecule has 0 saturated heterocycles. The molecule has 5 rings (SSSR count). The number of aromatic nitrogens is 1. The average Bonchev–Trinajstić information content (AvgIpc) is 3.40. The second kappa shape index (κ2) is 7.43. The first-order valence-electron chi connectivity index (χ1n) is 10.7. The second-order valence-corrected chi connectivity index (χ2v) is 8.18. The first-order valence-corrected chi connectivity index (χ1v) is 10.7. The molecule has 3 unspecified atom stereocenters. The van der Waals surface area contributed by atoms with Gasteiger partial charge in [-0.3, -0.25) is 4.79 Å². The van der Waals surface area contributed by atoms with Crippen LogP contribution in [0.2, 0.25) is 0 Å². The lowest BCUT2D eigenvalue weighted by atomic mass is 9.76. The Kier molecular flexibility index (Phi) is 4.62. The highest BCUT2D eigenvalue weighted by molar-refractivity contribution is 5.95. The number of benzene rings is 2. The molecule has 3 N–H and O–H groups in total. The van der Waals surface area contributed by atoms with E-state index in [4.69, 9.17) is 0 Å². The molecule has 0 fully saturated rings. The van der Waals surface area contributed by atoms with E-state index in [-0.39, 0.29) is 11.9 Å². The number of para-hydroxylation sites is 1. The van der Waals surface area contributed by atoms with E-state index in [1.165, 1.54) is 22.0 Å². The minimum Gasteiger partial charge on any atom is -0.378 e. The number of rotatable bonds is 5. The van der Waals surface area contributed by atoms with Crippen molar-refractivity contribution in [1.82, 2.24) is 10.3 Å². The van der Waals surface area contributed by atoms with E-state index in [0.717, 1.165) is 37.1 Å². The molecular weight excluding hydrogens is 358 g/mol. The third kappa shape index (κ3) is 3.13. The summed E-state index contributed by atoms with van der Waals surface area (Å²) in [5.41, 5.74) is 5.63. The van der Waals surface area contributed by atoms with Gasteiger partial charge in [0.2, 0.25) is 0 Å². The Morgan fingerprint density at radius 3 is 2.97 bits per heavy atom. The Bertz CT molecular complexity index is 1080. The summed E-state index contributed by atoms with van der Waals surface area (Å²) in [6.45, 7) is 2.87. The number of anilines is 1. The maximum absolute atomic E-state index is 12.5. The van der Waals surface area contributed by atoms with Gasteiger partial charge in [0.1, 0.15) is 0 Å². The van der Waals surface area contributed by atoms with Gasteiger partial charge in [-0.1, -0.05) is 43.7 Å². The fourth-order valence-electron chi connectivity index (χ4n) is 4.88. The number of aromatic amines is 1. The van der Waals surface area contributed by atoms with E-state index in [9.17, 15) is 4.79 Å². The number of hydrogen-bond donors (Lipinski definition) is 3. The fraction of sp³-hybridized carbons (Fsp3) is 0.320. The summed E-state index contributed by atoms with van der Waals surface area (Å²) in [6, 6.07) is 14.9. The molecule has 3 aromatic rings. The minimum atomic E-state index is 0.0264. The number of amides is 1. The molecule has 4 nitrogen and oxygen atoms in total. The summed E-state index contributed by atoms with van der Waals surface area (Å²) >= 11 is 0. The van der Waals surface area contributed by atoms with Gasteiger partial charge in [-0.25, -0.2) is 0 Å². The van der Waals surface area contributed by atoms with E-state index in [1.807, 2.05) is 6.07 Å². The second-order valence-electron chi connectivity index (χ2n) is 8.18. The van der Waals surface area contributed by atoms with Gasteiger partial charge in [0.05, 0.1) is 6.04 Å². The van der Waals surface area contributed by atoms with Crippen LogP contribution < -0.4 is 10.6 Å². The molecule has 0 spiro atoms. The Morgan fingerprint density at radius 1 is 1.17 bits per heavy atom. The van der Waals surface area contributed by atoms with Crippen LogP contribution in [0.5, 0.6) is 0 Å². The summed E-state index contributed by atoms with van der Waals surface area (Å²) in [5.74, 6) is 0.826. The molecule has 0 bridgehead atoms. The monoisotopic (exact) mass is 385 g/mol. The highest BCUT2D eigenvalue weighted by Gasteiger charge is 2.39. The fourth-order valence-corrected chi connectivity index (χ4v) is 4.88. The molecule has 1 aliphatic heterocycles. The molecule has 0 radical (unpaired) electrons. The van der Waals surface area contributed by atoms with Gasteiger partial charge in [0.25, 0.3) is 5.91 Å². The predicted octanol–water partition coefficient (Wildman–Crippen LogP) is 5.52. The van der Waals surface area contributed by atoms with E-state index >= 15 is 0 Å². The maximum atomic E-state index is 12.5. The highest BCUT2D eigenvalue weighted by atomic mass is 16.1. The normalized spacial score (nSPS) is 22.2. The summed E-state index contributed by atoms with van der Waals surface area (Å²) in [7, 11) is 0. The van der Waals surface area contributed by atoms with Gasteiger partial charge in [0, 0.05) is 40.8 Å². The zero-order valence-corrected chi connectivity index (χ0v) is 16.7. The summed E-state index contributed by atoms with van der Waals surface area (Å²) < 4.78 is 0. The standard InChI is InChI=1S/C25H27N3O/c1-2-3-13-26-25(29)16-11-12-23-20(14-16)17-8-6-9-19(17)24(28-23)21-15-27-22-10-5-4-7-18(21)22/h4-8,10-12,14-15,17,19,24,27-28H,2-3,9,13H2,1H3,(H,26,29). The van der Waals surface area contributed by atoms with E-state index < -0.39 is 0 Å². The molecule has 1 amide bonds. The maximum Gasteiger partial charge on any atom is 0.251 e. The molecule has 3 atom stereocenters. The van der Waals surface area contributed by atoms with Gasteiger partial charge < -0.3 is 15.6 Å². The molecule has 29 heavy (non-hydrogen) atoms. The van der Waals surface area contributed by atoms with Gasteiger partial charge in [-0.2, -0.15) is 0 Å². The lowest BCUT2D eigenvalue weighted by molar-refractivity contribution is 0.0953. The molecular formula is C25H27N3O. The minimum absolute atomic E-state index is 0.0264. The van der Waals surface area contributed by atoms with Crippen molar-refractivity contribution in [2.45, 2.75) is 38.1 Å². The van der Waals surface area contributed by atoms with Crippen molar-refractivity contribution in [1.29, 1.82) is 0 Å².